The topological polar surface area (TPSA) is 100 Å². The predicted octanol–water partition coefficient (Wildman–Crippen LogP) is 1.86. The molecule has 0 aliphatic carbocycles. The zero-order valence-corrected chi connectivity index (χ0v) is 13.8. The molecule has 3 rings (SSSR count). The van der Waals surface area contributed by atoms with Gasteiger partial charge < -0.3 is 10.0 Å². The second-order valence-corrected chi connectivity index (χ2v) is 7.54. The van der Waals surface area contributed by atoms with Crippen LogP contribution in [0, 0.1) is 11.6 Å². The van der Waals surface area contributed by atoms with Gasteiger partial charge in [0.1, 0.15) is 11.6 Å². The van der Waals surface area contributed by atoms with Crippen molar-refractivity contribution in [3.8, 4) is 11.3 Å². The minimum Gasteiger partial charge on any atom is -0.465 e. The fraction of sp³-hybridized carbons (Fsp3) is 0.267. The van der Waals surface area contributed by atoms with Gasteiger partial charge in [-0.05, 0) is 12.1 Å². The molecule has 10 heteroatoms. The summed E-state index contributed by atoms with van der Waals surface area (Å²) in [5.41, 5.74) is 0.490. The van der Waals surface area contributed by atoms with Crippen LogP contribution in [0.5, 0.6) is 0 Å². The summed E-state index contributed by atoms with van der Waals surface area (Å²) in [6.45, 7) is 0.0226. The first kappa shape index (κ1) is 17.2. The maximum atomic E-state index is 14.2. The average Bonchev–Trinajstić information content (AvgIpc) is 2.52. The van der Waals surface area contributed by atoms with Crippen LogP contribution in [0.15, 0.2) is 23.4 Å². The van der Waals surface area contributed by atoms with Crippen molar-refractivity contribution in [1.29, 1.82) is 0 Å². The van der Waals surface area contributed by atoms with E-state index < -0.39 is 32.7 Å². The zero-order chi connectivity index (χ0) is 18.4. The van der Waals surface area contributed by atoms with Gasteiger partial charge in [0, 0.05) is 36.4 Å². The van der Waals surface area contributed by atoms with Gasteiger partial charge in [-0.2, -0.15) is 0 Å². The highest BCUT2D eigenvalue weighted by Crippen LogP contribution is 2.31. The van der Waals surface area contributed by atoms with Crippen molar-refractivity contribution in [2.24, 2.45) is 0 Å². The maximum Gasteiger partial charge on any atom is 0.407 e. The second-order valence-electron chi connectivity index (χ2n) is 5.63. The van der Waals surface area contributed by atoms with E-state index in [2.05, 4.69) is 9.97 Å². The van der Waals surface area contributed by atoms with Crippen molar-refractivity contribution in [3.63, 3.8) is 0 Å². The van der Waals surface area contributed by atoms with Crippen LogP contribution in [0.4, 0.5) is 13.6 Å². The van der Waals surface area contributed by atoms with Gasteiger partial charge in [-0.1, -0.05) is 0 Å². The van der Waals surface area contributed by atoms with E-state index in [9.17, 15) is 22.0 Å². The molecule has 1 N–H and O–H groups in total. The molecule has 0 atom stereocenters. The molecule has 0 radical (unpaired) electrons. The quantitative estimate of drug-likeness (QED) is 0.811. The fourth-order valence-corrected chi connectivity index (χ4v) is 3.16. The Morgan fingerprint density at radius 2 is 2.00 bits per heavy atom. The third-order valence-corrected chi connectivity index (χ3v) is 4.67. The van der Waals surface area contributed by atoms with Crippen LogP contribution >= 0.6 is 0 Å². The monoisotopic (exact) mass is 369 g/mol. The molecule has 1 aromatic carbocycles. The van der Waals surface area contributed by atoms with Crippen molar-refractivity contribution >= 4 is 15.9 Å². The van der Waals surface area contributed by atoms with E-state index in [1.165, 1.54) is 0 Å². The van der Waals surface area contributed by atoms with E-state index in [0.717, 1.165) is 23.3 Å². The highest BCUT2D eigenvalue weighted by Gasteiger charge is 2.28. The van der Waals surface area contributed by atoms with E-state index in [-0.39, 0.29) is 30.8 Å². The number of sulfone groups is 1. The normalized spacial score (nSPS) is 14.3. The Bertz CT molecular complexity index is 979. The van der Waals surface area contributed by atoms with Crippen molar-refractivity contribution in [1.82, 2.24) is 14.9 Å². The van der Waals surface area contributed by atoms with Gasteiger partial charge >= 0.3 is 6.09 Å². The molecule has 0 unspecified atom stereocenters. The Labute approximate surface area is 141 Å². The molecular formula is C15H13F2N3O4S. The van der Waals surface area contributed by atoms with Crippen molar-refractivity contribution in [3.05, 3.63) is 41.1 Å². The molecule has 0 bridgehead atoms. The average molecular weight is 369 g/mol. The van der Waals surface area contributed by atoms with Crippen LogP contribution in [0.3, 0.4) is 0 Å². The largest absolute Gasteiger partial charge is 0.465 e. The molecule has 0 saturated heterocycles. The van der Waals surface area contributed by atoms with Gasteiger partial charge in [0.05, 0.1) is 17.9 Å². The lowest BCUT2D eigenvalue weighted by molar-refractivity contribution is 0.139. The molecule has 7 nitrogen and oxygen atoms in total. The van der Waals surface area contributed by atoms with Gasteiger partial charge in [0.15, 0.2) is 0 Å². The summed E-state index contributed by atoms with van der Waals surface area (Å²) in [6, 6.07) is 2.81. The minimum atomic E-state index is -3.77. The minimum absolute atomic E-state index is 0.0473. The summed E-state index contributed by atoms with van der Waals surface area (Å²) in [6.07, 6.45) is -0.0719. The van der Waals surface area contributed by atoms with Crippen molar-refractivity contribution < 1.29 is 27.1 Å². The second kappa shape index (κ2) is 6.03. The lowest BCUT2D eigenvalue weighted by Crippen LogP contribution is -2.36. The van der Waals surface area contributed by atoms with Crippen LogP contribution in [0.25, 0.3) is 11.3 Å². The molecule has 0 saturated carbocycles. The van der Waals surface area contributed by atoms with Crippen LogP contribution < -0.4 is 0 Å². The molecule has 0 fully saturated rings. The fourth-order valence-electron chi connectivity index (χ4n) is 2.62. The number of amides is 1. The molecule has 1 aliphatic rings. The molecular weight excluding hydrogens is 356 g/mol. The summed E-state index contributed by atoms with van der Waals surface area (Å²) in [7, 11) is -3.77. The Kier molecular flexibility index (Phi) is 4.15. The number of benzene rings is 1. The van der Waals surface area contributed by atoms with Gasteiger partial charge in [-0.25, -0.2) is 32.0 Å². The predicted molar refractivity (Wildman–Crippen MR) is 82.6 cm³/mol. The molecule has 2 aromatic rings. The maximum absolute atomic E-state index is 14.2. The van der Waals surface area contributed by atoms with Crippen molar-refractivity contribution in [2.45, 2.75) is 18.1 Å². The van der Waals surface area contributed by atoms with E-state index in [1.807, 2.05) is 0 Å². The molecule has 2 heterocycles. The number of carboxylic acid groups (broad SMARTS) is 1. The molecule has 132 valence electrons. The number of hydrogen-bond acceptors (Lipinski definition) is 5. The zero-order valence-electron chi connectivity index (χ0n) is 13.0. The molecule has 1 aromatic heterocycles. The van der Waals surface area contributed by atoms with E-state index >= 15 is 0 Å². The Hall–Kier alpha value is -2.62. The standard InChI is InChI=1S/C15H13F2N3O4S/c1-25(23,24)14-18-12-4-5-20(15(21)22)7-10(12)13(19-14)9-3-2-8(16)6-11(9)17/h2-3,6H,4-5,7H2,1H3,(H,21,22). The third kappa shape index (κ3) is 3.29. The Morgan fingerprint density at radius 1 is 1.28 bits per heavy atom. The number of carbonyl (C=O) groups is 1. The number of aromatic nitrogens is 2. The van der Waals surface area contributed by atoms with Crippen LogP contribution in [0.1, 0.15) is 11.3 Å². The van der Waals surface area contributed by atoms with Gasteiger partial charge in [0.2, 0.25) is 15.0 Å². The highest BCUT2D eigenvalue weighted by atomic mass is 32.2. The van der Waals surface area contributed by atoms with Crippen LogP contribution in [0.2, 0.25) is 0 Å². The lowest BCUT2D eigenvalue weighted by atomic mass is 9.99. The van der Waals surface area contributed by atoms with Crippen LogP contribution in [-0.4, -0.2) is 47.3 Å². The van der Waals surface area contributed by atoms with Crippen LogP contribution in [-0.2, 0) is 22.8 Å². The first-order valence-electron chi connectivity index (χ1n) is 7.20. The number of fused-ring (bicyclic) bond motifs is 1. The smallest absolute Gasteiger partial charge is 0.407 e. The van der Waals surface area contributed by atoms with Crippen molar-refractivity contribution in [2.75, 3.05) is 12.8 Å². The molecule has 25 heavy (non-hydrogen) atoms. The summed E-state index contributed by atoms with van der Waals surface area (Å²) in [4.78, 5) is 20.2. The lowest BCUT2D eigenvalue weighted by Gasteiger charge is -2.27. The number of rotatable bonds is 2. The van der Waals surface area contributed by atoms with Gasteiger partial charge in [-0.3, -0.25) is 0 Å². The summed E-state index contributed by atoms with van der Waals surface area (Å²) in [5, 5.41) is 8.69. The summed E-state index contributed by atoms with van der Waals surface area (Å²) >= 11 is 0. The number of hydrogen-bond donors (Lipinski definition) is 1. The van der Waals surface area contributed by atoms with Gasteiger partial charge in [-0.15, -0.1) is 0 Å². The molecule has 1 aliphatic heterocycles. The third-order valence-electron chi connectivity index (χ3n) is 3.83. The van der Waals surface area contributed by atoms with E-state index in [4.69, 9.17) is 5.11 Å². The van der Waals surface area contributed by atoms with E-state index in [0.29, 0.717) is 17.3 Å². The summed E-state index contributed by atoms with van der Waals surface area (Å²) in [5.74, 6) is -1.72. The first-order chi connectivity index (χ1) is 11.7. The SMILES string of the molecule is CS(=O)(=O)c1nc2c(c(-c3ccc(F)cc3F)n1)CN(C(=O)O)CC2. The number of nitrogens with zero attached hydrogens (tertiary/aromatic N) is 3. The number of halogens is 2. The van der Waals surface area contributed by atoms with Gasteiger partial charge in [0.25, 0.3) is 0 Å². The highest BCUT2D eigenvalue weighted by molar-refractivity contribution is 7.90. The Morgan fingerprint density at radius 3 is 2.60 bits per heavy atom. The molecule has 0 spiro atoms. The Balaban J connectivity index is 2.26. The van der Waals surface area contributed by atoms with E-state index in [1.54, 1.807) is 0 Å². The first-order valence-corrected chi connectivity index (χ1v) is 9.09. The summed E-state index contributed by atoms with van der Waals surface area (Å²) < 4.78 is 51.1. The molecule has 1 amide bonds.